The molecule has 0 N–H and O–H groups in total. The molecule has 0 bridgehead atoms. The molecule has 34 heavy (non-hydrogen) atoms. The third-order valence-corrected chi connectivity index (χ3v) is 6.89. The maximum Gasteiger partial charge on any atom is 0.238 e. The minimum absolute atomic E-state index is 0.0299. The Morgan fingerprint density at radius 1 is 1.12 bits per heavy atom. The molecule has 1 fully saturated rings. The van der Waals surface area contributed by atoms with Crippen molar-refractivity contribution in [2.75, 3.05) is 30.3 Å². The van der Waals surface area contributed by atoms with Crippen LogP contribution in [-0.2, 0) is 4.79 Å². The molecule has 1 aliphatic rings. The van der Waals surface area contributed by atoms with Crippen LogP contribution in [0.15, 0.2) is 59.8 Å². The van der Waals surface area contributed by atoms with Crippen LogP contribution in [0.2, 0.25) is 0 Å². The number of thioether (sulfide) groups is 1. The fourth-order valence-corrected chi connectivity index (χ4v) is 4.99. The fraction of sp³-hybridized carbons (Fsp3) is 0.360. The van der Waals surface area contributed by atoms with Gasteiger partial charge in [-0.05, 0) is 69.3 Å². The summed E-state index contributed by atoms with van der Waals surface area (Å²) in [4.78, 5) is 16.9. The molecule has 0 spiro atoms. The molecular formula is C25H27FN6OS. The van der Waals surface area contributed by atoms with Gasteiger partial charge in [0.2, 0.25) is 5.91 Å². The van der Waals surface area contributed by atoms with Gasteiger partial charge in [-0.1, -0.05) is 36.4 Å². The lowest BCUT2D eigenvalue weighted by Gasteiger charge is -2.31. The number of para-hydroxylation sites is 1. The van der Waals surface area contributed by atoms with E-state index in [4.69, 9.17) is 0 Å². The van der Waals surface area contributed by atoms with Gasteiger partial charge >= 0.3 is 0 Å². The van der Waals surface area contributed by atoms with Gasteiger partial charge in [0.05, 0.1) is 17.9 Å². The number of piperidine rings is 1. The number of rotatable bonds is 8. The molecule has 4 rings (SSSR count). The lowest BCUT2D eigenvalue weighted by atomic mass is 10.1. The summed E-state index contributed by atoms with van der Waals surface area (Å²) in [6.07, 6.45) is 3.54. The predicted octanol–water partition coefficient (Wildman–Crippen LogP) is 4.60. The summed E-state index contributed by atoms with van der Waals surface area (Å²) in [6, 6.07) is 17.5. The number of aromatic nitrogens is 3. The molecule has 0 aliphatic carbocycles. The first-order valence-electron chi connectivity index (χ1n) is 11.4. The van der Waals surface area contributed by atoms with Gasteiger partial charge in [-0.15, -0.1) is 10.2 Å². The lowest BCUT2D eigenvalue weighted by Crippen LogP contribution is -2.33. The van der Waals surface area contributed by atoms with Crippen molar-refractivity contribution < 1.29 is 9.18 Å². The Hall–Kier alpha value is -3.22. The minimum atomic E-state index is -0.318. The number of hydrogen-bond donors (Lipinski definition) is 0. The highest BCUT2D eigenvalue weighted by Gasteiger charge is 2.26. The van der Waals surface area contributed by atoms with Gasteiger partial charge in [-0.2, -0.15) is 5.26 Å². The second-order valence-corrected chi connectivity index (χ2v) is 9.13. The number of nitriles is 1. The molecule has 3 aromatic rings. The fourth-order valence-electron chi connectivity index (χ4n) is 4.15. The third-order valence-electron chi connectivity index (χ3n) is 5.98. The first kappa shape index (κ1) is 23.9. The van der Waals surface area contributed by atoms with Gasteiger partial charge in [0.25, 0.3) is 0 Å². The maximum absolute atomic E-state index is 13.6. The van der Waals surface area contributed by atoms with Crippen LogP contribution in [0.3, 0.4) is 0 Å². The number of hydrogen-bond acceptors (Lipinski definition) is 6. The van der Waals surface area contributed by atoms with E-state index in [1.807, 2.05) is 22.8 Å². The number of carbonyl (C=O) groups is 1. The molecule has 2 aromatic carbocycles. The zero-order valence-electron chi connectivity index (χ0n) is 19.1. The highest BCUT2D eigenvalue weighted by molar-refractivity contribution is 7.99. The molecule has 176 valence electrons. The smallest absolute Gasteiger partial charge is 0.238 e. The van der Waals surface area contributed by atoms with Crippen molar-refractivity contribution in [3.8, 4) is 11.8 Å². The van der Waals surface area contributed by atoms with E-state index in [-0.39, 0.29) is 30.1 Å². The van der Waals surface area contributed by atoms with Crippen LogP contribution in [0.1, 0.15) is 38.1 Å². The molecule has 1 atom stereocenters. The number of amides is 1. The predicted molar refractivity (Wildman–Crippen MR) is 130 cm³/mol. The van der Waals surface area contributed by atoms with Crippen LogP contribution in [0.25, 0.3) is 5.69 Å². The topological polar surface area (TPSA) is 78.0 Å². The summed E-state index contributed by atoms with van der Waals surface area (Å²) in [6.45, 7) is 4.07. The van der Waals surface area contributed by atoms with Crippen molar-refractivity contribution in [3.63, 3.8) is 0 Å². The SMILES string of the molecule is CC(c1nnc(SCC(=O)N(CC#N)c2ccccc2)n1-c1ccc(F)cc1)N1CCCCC1. The Morgan fingerprint density at radius 2 is 1.82 bits per heavy atom. The summed E-state index contributed by atoms with van der Waals surface area (Å²) in [5.74, 6) is 0.341. The van der Waals surface area contributed by atoms with Crippen molar-refractivity contribution in [2.45, 2.75) is 37.4 Å². The van der Waals surface area contributed by atoms with E-state index in [2.05, 4.69) is 28.1 Å². The number of nitrogens with zero attached hydrogens (tertiary/aromatic N) is 6. The molecule has 1 saturated heterocycles. The van der Waals surface area contributed by atoms with E-state index in [0.29, 0.717) is 10.8 Å². The van der Waals surface area contributed by atoms with Gasteiger partial charge in [0, 0.05) is 11.4 Å². The van der Waals surface area contributed by atoms with Gasteiger partial charge < -0.3 is 0 Å². The van der Waals surface area contributed by atoms with Crippen LogP contribution in [0.4, 0.5) is 10.1 Å². The van der Waals surface area contributed by atoms with E-state index in [1.165, 1.54) is 35.2 Å². The molecule has 1 amide bonds. The quantitative estimate of drug-likeness (QED) is 0.348. The first-order valence-corrected chi connectivity index (χ1v) is 12.4. The van der Waals surface area contributed by atoms with Crippen LogP contribution < -0.4 is 4.90 Å². The van der Waals surface area contributed by atoms with E-state index in [0.717, 1.165) is 37.4 Å². The first-order chi connectivity index (χ1) is 16.6. The van der Waals surface area contributed by atoms with Gasteiger partial charge in [-0.25, -0.2) is 4.39 Å². The van der Waals surface area contributed by atoms with E-state index < -0.39 is 0 Å². The van der Waals surface area contributed by atoms with Crippen LogP contribution >= 0.6 is 11.8 Å². The molecule has 1 unspecified atom stereocenters. The average molecular weight is 479 g/mol. The van der Waals surface area contributed by atoms with E-state index in [9.17, 15) is 14.4 Å². The third kappa shape index (κ3) is 5.46. The zero-order chi connectivity index (χ0) is 23.9. The molecule has 2 heterocycles. The maximum atomic E-state index is 13.6. The van der Waals surface area contributed by atoms with Crippen LogP contribution in [-0.4, -0.2) is 51.0 Å². The van der Waals surface area contributed by atoms with E-state index >= 15 is 0 Å². The van der Waals surface area contributed by atoms with Crippen molar-refractivity contribution in [3.05, 3.63) is 66.2 Å². The second kappa shape index (κ2) is 11.3. The molecule has 0 radical (unpaired) electrons. The molecule has 0 saturated carbocycles. The second-order valence-electron chi connectivity index (χ2n) is 8.19. The molecule has 9 heteroatoms. The van der Waals surface area contributed by atoms with Crippen molar-refractivity contribution in [1.29, 1.82) is 5.26 Å². The van der Waals surface area contributed by atoms with Gasteiger partial charge in [0.1, 0.15) is 12.4 Å². The Morgan fingerprint density at radius 3 is 2.50 bits per heavy atom. The van der Waals surface area contributed by atoms with Crippen LogP contribution in [0, 0.1) is 17.1 Å². The Balaban J connectivity index is 1.59. The van der Waals surface area contributed by atoms with Gasteiger partial charge in [-0.3, -0.25) is 19.2 Å². The monoisotopic (exact) mass is 478 g/mol. The summed E-state index contributed by atoms with van der Waals surface area (Å²) in [5.41, 5.74) is 1.42. The van der Waals surface area contributed by atoms with Crippen molar-refractivity contribution in [1.82, 2.24) is 19.7 Å². The highest BCUT2D eigenvalue weighted by Crippen LogP contribution is 2.30. The molecule has 7 nitrogen and oxygen atoms in total. The lowest BCUT2D eigenvalue weighted by molar-refractivity contribution is -0.116. The summed E-state index contributed by atoms with van der Waals surface area (Å²) >= 11 is 1.26. The molecular weight excluding hydrogens is 451 g/mol. The number of carbonyl (C=O) groups excluding carboxylic acids is 1. The Kier molecular flexibility index (Phi) is 7.93. The minimum Gasteiger partial charge on any atom is -0.298 e. The normalized spacial score (nSPS) is 15.0. The number of benzene rings is 2. The summed E-state index contributed by atoms with van der Waals surface area (Å²) in [5, 5.41) is 18.7. The summed E-state index contributed by atoms with van der Waals surface area (Å²) in [7, 11) is 0. The molecule has 1 aromatic heterocycles. The number of halogens is 1. The Labute approximate surface area is 203 Å². The Bertz CT molecular complexity index is 1140. The molecule has 1 aliphatic heterocycles. The zero-order valence-corrected chi connectivity index (χ0v) is 19.9. The van der Waals surface area contributed by atoms with E-state index in [1.54, 1.807) is 24.3 Å². The van der Waals surface area contributed by atoms with Crippen molar-refractivity contribution in [2.24, 2.45) is 0 Å². The van der Waals surface area contributed by atoms with Crippen molar-refractivity contribution >= 4 is 23.4 Å². The number of anilines is 1. The van der Waals surface area contributed by atoms with Crippen LogP contribution in [0.5, 0.6) is 0 Å². The largest absolute Gasteiger partial charge is 0.298 e. The average Bonchev–Trinajstić information content (AvgIpc) is 3.30. The standard InChI is InChI=1S/C25H27FN6OS/c1-19(30-15-6-3-7-16-30)24-28-29-25(32(24)22-12-10-20(26)11-13-22)34-18-23(33)31(17-14-27)21-8-4-2-5-9-21/h2,4-5,8-13,19H,3,6-7,15-18H2,1H3. The number of likely N-dealkylation sites (tertiary alicyclic amines) is 1. The highest BCUT2D eigenvalue weighted by atomic mass is 32.2. The van der Waals surface area contributed by atoms with Gasteiger partial charge in [0.15, 0.2) is 11.0 Å². The summed E-state index contributed by atoms with van der Waals surface area (Å²) < 4.78 is 15.5.